The molecule has 0 aromatic carbocycles. The largest absolute Gasteiger partial charge is 0.522 e. The maximum absolute atomic E-state index is 11.3. The molecule has 11 heavy (non-hydrogen) atoms. The lowest BCUT2D eigenvalue weighted by atomic mass is 10.6. The van der Waals surface area contributed by atoms with Crippen molar-refractivity contribution in [3.8, 4) is 0 Å². The van der Waals surface area contributed by atoms with E-state index in [1.54, 1.807) is 0 Å². The molecule has 0 fully saturated rings. The summed E-state index contributed by atoms with van der Waals surface area (Å²) in [5.41, 5.74) is 5.06. The highest BCUT2D eigenvalue weighted by molar-refractivity contribution is 5.77. The van der Waals surface area contributed by atoms with Gasteiger partial charge in [-0.1, -0.05) is 0 Å². The lowest BCUT2D eigenvalue weighted by molar-refractivity contribution is -0.323. The Labute approximate surface area is 62.0 Å². The first kappa shape index (κ1) is 10.2. The van der Waals surface area contributed by atoms with Crippen LogP contribution < -0.4 is 5.73 Å². The van der Waals surface area contributed by atoms with Crippen LogP contribution in [-0.2, 0) is 4.74 Å². The highest BCUT2D eigenvalue weighted by Crippen LogP contribution is 2.15. The molecule has 0 radical (unpaired) electrons. The van der Waals surface area contributed by atoms with Crippen LogP contribution in [0.3, 0.4) is 0 Å². The Morgan fingerprint density at radius 2 is 2.09 bits per heavy atom. The van der Waals surface area contributed by atoms with Crippen molar-refractivity contribution in [3.63, 3.8) is 0 Å². The van der Waals surface area contributed by atoms with Gasteiger partial charge in [0.15, 0.2) is 0 Å². The van der Waals surface area contributed by atoms with E-state index in [1.165, 1.54) is 6.92 Å². The molecule has 0 aliphatic carbocycles. The number of halogens is 3. The quantitative estimate of drug-likeness (QED) is 0.388. The van der Waals surface area contributed by atoms with Crippen LogP contribution in [0.15, 0.2) is 4.99 Å². The number of nitrogens with zero attached hydrogens (tertiary/aromatic N) is 1. The SMILES string of the molecule is CC(N)=NCCOC(F)(F)F. The summed E-state index contributed by atoms with van der Waals surface area (Å²) in [7, 11) is 0. The van der Waals surface area contributed by atoms with E-state index in [1.807, 2.05) is 0 Å². The van der Waals surface area contributed by atoms with E-state index in [-0.39, 0.29) is 12.4 Å². The van der Waals surface area contributed by atoms with Gasteiger partial charge in [-0.05, 0) is 6.92 Å². The zero-order valence-electron chi connectivity index (χ0n) is 5.98. The molecule has 0 saturated heterocycles. The lowest BCUT2D eigenvalue weighted by Crippen LogP contribution is -2.16. The number of ether oxygens (including phenoxy) is 1. The van der Waals surface area contributed by atoms with E-state index in [9.17, 15) is 13.2 Å². The van der Waals surface area contributed by atoms with E-state index in [0.717, 1.165) is 0 Å². The van der Waals surface area contributed by atoms with Crippen molar-refractivity contribution in [1.29, 1.82) is 0 Å². The number of amidine groups is 1. The van der Waals surface area contributed by atoms with Gasteiger partial charge >= 0.3 is 6.36 Å². The fraction of sp³-hybridized carbons (Fsp3) is 0.800. The molecule has 66 valence electrons. The van der Waals surface area contributed by atoms with Gasteiger partial charge in [0.1, 0.15) is 0 Å². The molecule has 6 heteroatoms. The maximum atomic E-state index is 11.3. The van der Waals surface area contributed by atoms with Crippen molar-refractivity contribution in [2.24, 2.45) is 10.7 Å². The number of hydrogen-bond donors (Lipinski definition) is 1. The molecule has 0 aromatic rings. The van der Waals surface area contributed by atoms with Crippen LogP contribution in [0.4, 0.5) is 13.2 Å². The van der Waals surface area contributed by atoms with Gasteiger partial charge in [0.2, 0.25) is 0 Å². The molecule has 0 aliphatic rings. The summed E-state index contributed by atoms with van der Waals surface area (Å²) in [4.78, 5) is 3.50. The summed E-state index contributed by atoms with van der Waals surface area (Å²) in [6, 6.07) is 0. The van der Waals surface area contributed by atoms with Crippen LogP contribution in [0.1, 0.15) is 6.92 Å². The summed E-state index contributed by atoms with van der Waals surface area (Å²) in [5.74, 6) is 0.246. The first-order chi connectivity index (χ1) is 4.92. The second-order valence-corrected chi connectivity index (χ2v) is 1.82. The van der Waals surface area contributed by atoms with Crippen molar-refractivity contribution in [2.75, 3.05) is 13.2 Å². The average molecular weight is 170 g/mol. The smallest absolute Gasteiger partial charge is 0.388 e. The first-order valence-electron chi connectivity index (χ1n) is 2.89. The third-order valence-electron chi connectivity index (χ3n) is 0.718. The minimum atomic E-state index is -4.57. The molecule has 0 rings (SSSR count). The van der Waals surface area contributed by atoms with Gasteiger partial charge in [-0.25, -0.2) is 0 Å². The van der Waals surface area contributed by atoms with Gasteiger partial charge in [0, 0.05) is 0 Å². The van der Waals surface area contributed by atoms with Gasteiger partial charge in [0.05, 0.1) is 19.0 Å². The number of alkyl halides is 3. The summed E-state index contributed by atoms with van der Waals surface area (Å²) in [5, 5.41) is 0. The summed E-state index contributed by atoms with van der Waals surface area (Å²) < 4.78 is 37.3. The predicted molar refractivity (Wildman–Crippen MR) is 34.2 cm³/mol. The molecule has 0 atom stereocenters. The molecule has 0 unspecified atom stereocenters. The average Bonchev–Trinajstić information content (AvgIpc) is 1.78. The molecule has 0 heterocycles. The van der Waals surface area contributed by atoms with Crippen molar-refractivity contribution in [2.45, 2.75) is 13.3 Å². The van der Waals surface area contributed by atoms with Crippen LogP contribution in [0, 0.1) is 0 Å². The fourth-order valence-corrected chi connectivity index (χ4v) is 0.383. The van der Waals surface area contributed by atoms with E-state index >= 15 is 0 Å². The third-order valence-corrected chi connectivity index (χ3v) is 0.718. The topological polar surface area (TPSA) is 47.6 Å². The van der Waals surface area contributed by atoms with E-state index in [0.29, 0.717) is 0 Å². The molecule has 0 saturated carbocycles. The van der Waals surface area contributed by atoms with Crippen LogP contribution in [0.25, 0.3) is 0 Å². The Hall–Kier alpha value is -0.780. The van der Waals surface area contributed by atoms with Crippen LogP contribution in [0.5, 0.6) is 0 Å². The van der Waals surface area contributed by atoms with E-state index in [2.05, 4.69) is 9.73 Å². The molecular formula is C5H9F3N2O. The van der Waals surface area contributed by atoms with Crippen LogP contribution >= 0.6 is 0 Å². The molecular weight excluding hydrogens is 161 g/mol. The fourth-order valence-electron chi connectivity index (χ4n) is 0.383. The summed E-state index contributed by atoms with van der Waals surface area (Å²) in [6.07, 6.45) is -4.57. The predicted octanol–water partition coefficient (Wildman–Crippen LogP) is 0.900. The maximum Gasteiger partial charge on any atom is 0.522 e. The second kappa shape index (κ2) is 4.17. The Morgan fingerprint density at radius 1 is 1.55 bits per heavy atom. The van der Waals surface area contributed by atoms with Gasteiger partial charge in [0.25, 0.3) is 0 Å². The molecule has 0 spiro atoms. The van der Waals surface area contributed by atoms with Gasteiger partial charge < -0.3 is 5.73 Å². The number of rotatable bonds is 3. The van der Waals surface area contributed by atoms with Gasteiger partial charge in [-0.2, -0.15) is 0 Å². The lowest BCUT2D eigenvalue weighted by Gasteiger charge is -2.04. The van der Waals surface area contributed by atoms with E-state index in [4.69, 9.17) is 5.73 Å². The Bertz CT molecular complexity index is 139. The van der Waals surface area contributed by atoms with Crippen molar-refractivity contribution in [3.05, 3.63) is 0 Å². The minimum Gasteiger partial charge on any atom is -0.388 e. The number of hydrogen-bond acceptors (Lipinski definition) is 2. The highest BCUT2D eigenvalue weighted by atomic mass is 19.4. The number of nitrogens with two attached hydrogens (primary N) is 1. The summed E-state index contributed by atoms with van der Waals surface area (Å²) in [6.45, 7) is 0.938. The third kappa shape index (κ3) is 9.22. The van der Waals surface area contributed by atoms with Gasteiger partial charge in [-0.3, -0.25) is 9.73 Å². The number of aliphatic imine (C=N–C) groups is 1. The second-order valence-electron chi connectivity index (χ2n) is 1.82. The standard InChI is InChI=1S/C5H9F3N2O/c1-4(9)10-2-3-11-5(6,7)8/h2-3H2,1H3,(H2,9,10). The van der Waals surface area contributed by atoms with Crippen LogP contribution in [-0.4, -0.2) is 25.3 Å². The normalized spacial score (nSPS) is 13.6. The molecule has 0 amide bonds. The molecule has 0 aromatic heterocycles. The summed E-state index contributed by atoms with van der Waals surface area (Å²) >= 11 is 0. The Morgan fingerprint density at radius 3 is 2.45 bits per heavy atom. The molecule has 0 aliphatic heterocycles. The van der Waals surface area contributed by atoms with Crippen molar-refractivity contribution < 1.29 is 17.9 Å². The Kier molecular flexibility index (Phi) is 3.88. The first-order valence-corrected chi connectivity index (χ1v) is 2.89. The monoisotopic (exact) mass is 170 g/mol. The highest BCUT2D eigenvalue weighted by Gasteiger charge is 2.28. The van der Waals surface area contributed by atoms with Crippen molar-refractivity contribution in [1.82, 2.24) is 0 Å². The molecule has 3 nitrogen and oxygen atoms in total. The van der Waals surface area contributed by atoms with Crippen molar-refractivity contribution >= 4 is 5.84 Å². The zero-order valence-corrected chi connectivity index (χ0v) is 5.98. The zero-order chi connectivity index (χ0) is 8.91. The Balaban J connectivity index is 3.36. The van der Waals surface area contributed by atoms with Crippen LogP contribution in [0.2, 0.25) is 0 Å². The molecule has 2 N–H and O–H groups in total. The van der Waals surface area contributed by atoms with E-state index < -0.39 is 13.0 Å². The molecule has 0 bridgehead atoms. The minimum absolute atomic E-state index is 0.0676. The van der Waals surface area contributed by atoms with Gasteiger partial charge in [-0.15, -0.1) is 13.2 Å².